The molecule has 0 radical (unpaired) electrons. The maximum atomic E-state index is 5.25. The number of ether oxygens (including phenoxy) is 1. The molecule has 0 saturated carbocycles. The second-order valence-electron chi connectivity index (χ2n) is 7.86. The summed E-state index contributed by atoms with van der Waals surface area (Å²) in [5, 5.41) is 7.78. The fourth-order valence-electron chi connectivity index (χ4n) is 3.97. The van der Waals surface area contributed by atoms with Gasteiger partial charge in [-0.3, -0.25) is 19.5 Å². The second kappa shape index (κ2) is 9.60. The van der Waals surface area contributed by atoms with Crippen molar-refractivity contribution in [1.29, 1.82) is 0 Å². The van der Waals surface area contributed by atoms with E-state index in [1.54, 1.807) is 18.4 Å². The maximum absolute atomic E-state index is 5.25. The van der Waals surface area contributed by atoms with E-state index in [1.807, 2.05) is 42.9 Å². The Balaban J connectivity index is 1.15. The van der Waals surface area contributed by atoms with Crippen LogP contribution in [0.25, 0.3) is 21.8 Å². The van der Waals surface area contributed by atoms with Gasteiger partial charge in [-0.25, -0.2) is 4.98 Å². The molecule has 32 heavy (non-hydrogen) atoms. The largest absolute Gasteiger partial charge is 0.497 e. The van der Waals surface area contributed by atoms with Crippen molar-refractivity contribution in [2.24, 2.45) is 0 Å². The van der Waals surface area contributed by atoms with Crippen LogP contribution in [0.15, 0.2) is 66.4 Å². The van der Waals surface area contributed by atoms with E-state index in [2.05, 4.69) is 48.1 Å². The minimum absolute atomic E-state index is 0.802. The van der Waals surface area contributed by atoms with Crippen LogP contribution >= 0.6 is 11.3 Å². The molecular formula is C24H26N6OS. The lowest BCUT2D eigenvalue weighted by Gasteiger charge is -2.34. The first-order valence-electron chi connectivity index (χ1n) is 10.7. The Morgan fingerprint density at radius 2 is 1.62 bits per heavy atom. The first-order chi connectivity index (χ1) is 15.8. The molecule has 1 saturated heterocycles. The van der Waals surface area contributed by atoms with Gasteiger partial charge in [0.15, 0.2) is 0 Å². The van der Waals surface area contributed by atoms with Crippen LogP contribution in [0.1, 0.15) is 5.69 Å². The number of hydrogen-bond donors (Lipinski definition) is 0. The smallest absolute Gasteiger partial charge is 0.123 e. The van der Waals surface area contributed by atoms with Crippen LogP contribution in [0.2, 0.25) is 0 Å². The van der Waals surface area contributed by atoms with Crippen LogP contribution in [-0.2, 0) is 13.2 Å². The topological polar surface area (TPSA) is 59.3 Å². The molecule has 5 rings (SSSR count). The van der Waals surface area contributed by atoms with E-state index in [0.717, 1.165) is 72.7 Å². The molecule has 1 aromatic carbocycles. The number of thiazole rings is 1. The normalized spacial score (nSPS) is 15.2. The molecule has 1 aliphatic heterocycles. The minimum atomic E-state index is 0.802. The van der Waals surface area contributed by atoms with Crippen molar-refractivity contribution >= 4 is 11.3 Å². The van der Waals surface area contributed by atoms with Crippen molar-refractivity contribution in [3.8, 4) is 27.6 Å². The summed E-state index contributed by atoms with van der Waals surface area (Å²) in [6.45, 7) is 5.79. The van der Waals surface area contributed by atoms with E-state index in [4.69, 9.17) is 9.72 Å². The predicted molar refractivity (Wildman–Crippen MR) is 126 cm³/mol. The average Bonchev–Trinajstić information content (AvgIpc) is 3.51. The summed E-state index contributed by atoms with van der Waals surface area (Å²) < 4.78 is 7.32. The van der Waals surface area contributed by atoms with Crippen molar-refractivity contribution in [3.63, 3.8) is 0 Å². The Morgan fingerprint density at radius 3 is 2.38 bits per heavy atom. The van der Waals surface area contributed by atoms with E-state index in [0.29, 0.717) is 0 Å². The molecule has 3 aromatic heterocycles. The summed E-state index contributed by atoms with van der Waals surface area (Å²) in [6, 6.07) is 14.2. The highest BCUT2D eigenvalue weighted by Gasteiger charge is 2.19. The number of benzene rings is 1. The number of methoxy groups -OCH3 is 1. The quantitative estimate of drug-likeness (QED) is 0.430. The van der Waals surface area contributed by atoms with E-state index in [1.165, 1.54) is 0 Å². The molecular weight excluding hydrogens is 420 g/mol. The molecule has 0 N–H and O–H groups in total. The Labute approximate surface area is 191 Å². The summed E-state index contributed by atoms with van der Waals surface area (Å²) in [5.41, 5.74) is 4.55. The Hall–Kier alpha value is -3.07. The van der Waals surface area contributed by atoms with Gasteiger partial charge in [-0.15, -0.1) is 11.3 Å². The highest BCUT2D eigenvalue weighted by molar-refractivity contribution is 7.13. The average molecular weight is 447 g/mol. The summed E-state index contributed by atoms with van der Waals surface area (Å²) in [6.07, 6.45) is 5.52. The van der Waals surface area contributed by atoms with Crippen molar-refractivity contribution in [2.75, 3.05) is 33.3 Å². The van der Waals surface area contributed by atoms with Gasteiger partial charge in [0.1, 0.15) is 10.8 Å². The van der Waals surface area contributed by atoms with Crippen molar-refractivity contribution in [1.82, 2.24) is 29.5 Å². The molecule has 1 aliphatic rings. The van der Waals surface area contributed by atoms with Crippen LogP contribution < -0.4 is 4.74 Å². The van der Waals surface area contributed by atoms with Crippen molar-refractivity contribution < 1.29 is 4.74 Å². The van der Waals surface area contributed by atoms with E-state index in [-0.39, 0.29) is 0 Å². The molecule has 8 heteroatoms. The van der Waals surface area contributed by atoms with Crippen LogP contribution in [0.4, 0.5) is 0 Å². The molecule has 1 fully saturated rings. The molecule has 164 valence electrons. The first-order valence-corrected chi connectivity index (χ1v) is 11.6. The molecule has 0 spiro atoms. The number of nitrogens with zero attached hydrogens (tertiary/aromatic N) is 6. The summed E-state index contributed by atoms with van der Waals surface area (Å²) >= 11 is 1.70. The predicted octanol–water partition coefficient (Wildman–Crippen LogP) is 3.85. The zero-order valence-corrected chi connectivity index (χ0v) is 18.9. The second-order valence-corrected chi connectivity index (χ2v) is 8.72. The highest BCUT2D eigenvalue weighted by atomic mass is 32.1. The molecule has 0 atom stereocenters. The fraction of sp³-hybridized carbons (Fsp3) is 0.292. The van der Waals surface area contributed by atoms with E-state index in [9.17, 15) is 0 Å². The summed E-state index contributed by atoms with van der Waals surface area (Å²) in [5.74, 6) is 0.867. The number of hydrogen-bond acceptors (Lipinski definition) is 7. The Morgan fingerprint density at radius 1 is 0.875 bits per heavy atom. The minimum Gasteiger partial charge on any atom is -0.497 e. The van der Waals surface area contributed by atoms with Crippen LogP contribution in [0, 0.1) is 0 Å². The lowest BCUT2D eigenvalue weighted by Crippen LogP contribution is -2.46. The molecule has 0 aliphatic carbocycles. The molecule has 7 nitrogen and oxygen atoms in total. The summed E-state index contributed by atoms with van der Waals surface area (Å²) in [4.78, 5) is 13.9. The van der Waals surface area contributed by atoms with Crippen LogP contribution in [0.5, 0.6) is 5.75 Å². The standard InChI is InChI=1S/C24H26N6OS/c1-31-22-4-2-20(3-5-22)24-27-21(17-32-24)16-28-12-14-29(15-13-28)18-30-23(8-11-26-30)19-6-9-25-10-7-19/h2-11,17H,12-16,18H2,1H3. The molecule has 4 heterocycles. The van der Waals surface area contributed by atoms with E-state index < -0.39 is 0 Å². The summed E-state index contributed by atoms with van der Waals surface area (Å²) in [7, 11) is 1.69. The Bertz CT molecular complexity index is 1130. The first kappa shape index (κ1) is 20.8. The monoisotopic (exact) mass is 446 g/mol. The van der Waals surface area contributed by atoms with Crippen LogP contribution in [0.3, 0.4) is 0 Å². The van der Waals surface area contributed by atoms with Crippen molar-refractivity contribution in [2.45, 2.75) is 13.2 Å². The zero-order valence-electron chi connectivity index (χ0n) is 18.1. The third kappa shape index (κ3) is 4.72. The van der Waals surface area contributed by atoms with Gasteiger partial charge >= 0.3 is 0 Å². The molecule has 4 aromatic rings. The van der Waals surface area contributed by atoms with Gasteiger partial charge in [0, 0.05) is 67.8 Å². The zero-order chi connectivity index (χ0) is 21.8. The van der Waals surface area contributed by atoms with Crippen LogP contribution in [-0.4, -0.2) is 62.8 Å². The van der Waals surface area contributed by atoms with E-state index >= 15 is 0 Å². The molecule has 0 unspecified atom stereocenters. The van der Waals surface area contributed by atoms with Gasteiger partial charge in [-0.05, 0) is 42.5 Å². The molecule has 0 amide bonds. The molecule has 0 bridgehead atoms. The van der Waals surface area contributed by atoms with Gasteiger partial charge in [0.05, 0.1) is 25.2 Å². The lowest BCUT2D eigenvalue weighted by molar-refractivity contribution is 0.0987. The van der Waals surface area contributed by atoms with Gasteiger partial charge in [-0.2, -0.15) is 5.10 Å². The number of rotatable bonds is 7. The fourth-order valence-corrected chi connectivity index (χ4v) is 4.78. The van der Waals surface area contributed by atoms with Crippen molar-refractivity contribution in [3.05, 3.63) is 72.1 Å². The number of aromatic nitrogens is 4. The number of piperazine rings is 1. The maximum Gasteiger partial charge on any atom is 0.123 e. The van der Waals surface area contributed by atoms with Gasteiger partial charge in [0.2, 0.25) is 0 Å². The third-order valence-corrected chi connectivity index (χ3v) is 6.71. The third-order valence-electron chi connectivity index (χ3n) is 5.77. The SMILES string of the molecule is COc1ccc(-c2nc(CN3CCN(Cn4nccc4-c4ccncc4)CC3)cs2)cc1. The lowest BCUT2D eigenvalue weighted by atomic mass is 10.2. The Kier molecular flexibility index (Phi) is 6.24. The van der Waals surface area contributed by atoms with Gasteiger partial charge < -0.3 is 4.74 Å². The highest BCUT2D eigenvalue weighted by Crippen LogP contribution is 2.26. The number of pyridine rings is 1. The van der Waals surface area contributed by atoms with Gasteiger partial charge in [-0.1, -0.05) is 0 Å². The van der Waals surface area contributed by atoms with Gasteiger partial charge in [0.25, 0.3) is 0 Å².